The first-order valence-corrected chi connectivity index (χ1v) is 11.7. The molecule has 3 aliphatic heterocycles. The molecule has 1 aliphatic carbocycles. The van der Waals surface area contributed by atoms with Gasteiger partial charge in [-0.25, -0.2) is 0 Å². The molecule has 4 aliphatic rings. The smallest absolute Gasteiger partial charge is 0.169 e. The lowest BCUT2D eigenvalue weighted by Gasteiger charge is -2.41. The maximum absolute atomic E-state index is 9.12. The minimum atomic E-state index is -0.344. The Labute approximate surface area is 170 Å². The standard InChI is InChI=1S/C20H30INO4/c1-14(11-22)9-15-5-6-18-19(13-21,25-15)10-16(24-18)17-12-23-20(26-17)7-3-2-4-8-20/h14-18H,2-10,12-13H2,1H3/t14-,15-,16?,17-,18?,19?/m1/s1. The zero-order valence-electron chi connectivity index (χ0n) is 15.6. The van der Waals surface area contributed by atoms with Gasteiger partial charge in [0, 0.05) is 29.6 Å². The molecule has 0 bridgehead atoms. The molecule has 5 nitrogen and oxygen atoms in total. The monoisotopic (exact) mass is 475 g/mol. The van der Waals surface area contributed by atoms with Crippen LogP contribution in [0.4, 0.5) is 0 Å². The van der Waals surface area contributed by atoms with Gasteiger partial charge in [-0.05, 0) is 39.0 Å². The highest BCUT2D eigenvalue weighted by Crippen LogP contribution is 2.47. The molecule has 6 atom stereocenters. The van der Waals surface area contributed by atoms with Crippen molar-refractivity contribution in [2.75, 3.05) is 11.0 Å². The van der Waals surface area contributed by atoms with Crippen molar-refractivity contribution in [1.29, 1.82) is 5.26 Å². The van der Waals surface area contributed by atoms with E-state index < -0.39 is 0 Å². The number of nitriles is 1. The van der Waals surface area contributed by atoms with Crippen molar-refractivity contribution in [3.63, 3.8) is 0 Å². The molecule has 3 heterocycles. The first-order chi connectivity index (χ1) is 12.6. The number of ether oxygens (including phenoxy) is 4. The van der Waals surface area contributed by atoms with E-state index >= 15 is 0 Å². The molecule has 0 amide bonds. The van der Waals surface area contributed by atoms with Gasteiger partial charge in [0.05, 0.1) is 31.0 Å². The van der Waals surface area contributed by atoms with E-state index in [1.807, 2.05) is 6.92 Å². The largest absolute Gasteiger partial charge is 0.369 e. The van der Waals surface area contributed by atoms with Crippen LogP contribution in [0.1, 0.15) is 64.7 Å². The first kappa shape index (κ1) is 19.4. The van der Waals surface area contributed by atoms with E-state index in [0.29, 0.717) is 6.61 Å². The highest BCUT2D eigenvalue weighted by molar-refractivity contribution is 14.1. The minimum absolute atomic E-state index is 0.0265. The predicted molar refractivity (Wildman–Crippen MR) is 105 cm³/mol. The molecule has 146 valence electrons. The summed E-state index contributed by atoms with van der Waals surface area (Å²) in [5.41, 5.74) is -0.227. The molecule has 0 N–H and O–H groups in total. The summed E-state index contributed by atoms with van der Waals surface area (Å²) in [5, 5.41) is 9.12. The molecule has 0 aromatic heterocycles. The lowest BCUT2D eigenvalue weighted by molar-refractivity contribution is -0.199. The summed E-state index contributed by atoms with van der Waals surface area (Å²) in [5.74, 6) is -0.304. The van der Waals surface area contributed by atoms with Crippen LogP contribution in [0.3, 0.4) is 0 Å². The fraction of sp³-hybridized carbons (Fsp3) is 0.950. The predicted octanol–water partition coefficient (Wildman–Crippen LogP) is 4.12. The summed E-state index contributed by atoms with van der Waals surface area (Å²) in [6.07, 6.45) is 9.80. The highest BCUT2D eigenvalue weighted by atomic mass is 127. The molecule has 0 aromatic rings. The molecule has 1 saturated carbocycles. The Morgan fingerprint density at radius 2 is 1.96 bits per heavy atom. The van der Waals surface area contributed by atoms with Crippen LogP contribution in [-0.4, -0.2) is 46.8 Å². The van der Waals surface area contributed by atoms with E-state index in [9.17, 15) is 0 Å². The Bertz CT molecular complexity index is 546. The average Bonchev–Trinajstić information content (AvgIpc) is 3.24. The molecule has 0 radical (unpaired) electrons. The second-order valence-electron chi connectivity index (χ2n) is 8.59. The van der Waals surface area contributed by atoms with Crippen LogP contribution in [0.5, 0.6) is 0 Å². The number of halogens is 1. The van der Waals surface area contributed by atoms with Crippen molar-refractivity contribution in [2.24, 2.45) is 5.92 Å². The van der Waals surface area contributed by atoms with E-state index in [-0.39, 0.29) is 41.7 Å². The molecule has 4 rings (SSSR count). The van der Waals surface area contributed by atoms with Crippen LogP contribution in [0.2, 0.25) is 0 Å². The topological polar surface area (TPSA) is 60.7 Å². The quantitative estimate of drug-likeness (QED) is 0.452. The normalized spacial score (nSPS) is 43.1. The Kier molecular flexibility index (Phi) is 5.83. The van der Waals surface area contributed by atoms with Gasteiger partial charge in [-0.15, -0.1) is 0 Å². The number of nitrogens with zero attached hydrogens (tertiary/aromatic N) is 1. The molecule has 6 heteroatoms. The fourth-order valence-electron chi connectivity index (χ4n) is 5.16. The maximum Gasteiger partial charge on any atom is 0.169 e. The van der Waals surface area contributed by atoms with Crippen LogP contribution < -0.4 is 0 Å². The van der Waals surface area contributed by atoms with Gasteiger partial charge in [-0.3, -0.25) is 0 Å². The number of hydrogen-bond acceptors (Lipinski definition) is 5. The second kappa shape index (κ2) is 7.82. The zero-order chi connectivity index (χ0) is 18.2. The first-order valence-electron chi connectivity index (χ1n) is 10.2. The molecule has 4 fully saturated rings. The SMILES string of the molecule is C[C@@H](C#N)C[C@H]1CCC2OC([C@H]3COC4(CCCCC4)O3)CC2(CI)O1. The molecule has 0 aromatic carbocycles. The lowest BCUT2D eigenvalue weighted by Crippen LogP contribution is -2.50. The Hall–Kier alpha value is 0.0600. The van der Waals surface area contributed by atoms with Gasteiger partial charge in [0.25, 0.3) is 0 Å². The molecule has 3 unspecified atom stereocenters. The maximum atomic E-state index is 9.12. The van der Waals surface area contributed by atoms with Crippen LogP contribution >= 0.6 is 22.6 Å². The van der Waals surface area contributed by atoms with Crippen molar-refractivity contribution in [3.05, 3.63) is 0 Å². The number of fused-ring (bicyclic) bond motifs is 1. The van der Waals surface area contributed by atoms with Gasteiger partial charge >= 0.3 is 0 Å². The van der Waals surface area contributed by atoms with E-state index in [1.54, 1.807) is 0 Å². The number of hydrogen-bond donors (Lipinski definition) is 0. The Morgan fingerprint density at radius 1 is 1.15 bits per heavy atom. The van der Waals surface area contributed by atoms with Crippen molar-refractivity contribution in [2.45, 2.75) is 101 Å². The summed E-state index contributed by atoms with van der Waals surface area (Å²) in [4.78, 5) is 0. The van der Waals surface area contributed by atoms with Gasteiger partial charge < -0.3 is 18.9 Å². The average molecular weight is 475 g/mol. The number of alkyl halides is 1. The van der Waals surface area contributed by atoms with Crippen molar-refractivity contribution in [3.8, 4) is 6.07 Å². The minimum Gasteiger partial charge on any atom is -0.369 e. The van der Waals surface area contributed by atoms with E-state index in [1.165, 1.54) is 19.3 Å². The zero-order valence-corrected chi connectivity index (χ0v) is 17.8. The third kappa shape index (κ3) is 3.67. The van der Waals surface area contributed by atoms with E-state index in [2.05, 4.69) is 28.7 Å². The summed E-state index contributed by atoms with van der Waals surface area (Å²) >= 11 is 2.44. The van der Waals surface area contributed by atoms with E-state index in [0.717, 1.165) is 43.0 Å². The van der Waals surface area contributed by atoms with Crippen molar-refractivity contribution in [1.82, 2.24) is 0 Å². The summed E-state index contributed by atoms with van der Waals surface area (Å²) in [7, 11) is 0. The third-order valence-corrected chi connectivity index (χ3v) is 7.89. The lowest BCUT2D eigenvalue weighted by atomic mass is 9.86. The van der Waals surface area contributed by atoms with Gasteiger partial charge in [0.1, 0.15) is 11.7 Å². The molecule has 26 heavy (non-hydrogen) atoms. The van der Waals surface area contributed by atoms with Gasteiger partial charge in [-0.2, -0.15) is 5.26 Å². The van der Waals surface area contributed by atoms with Crippen LogP contribution in [-0.2, 0) is 18.9 Å². The fourth-order valence-corrected chi connectivity index (χ4v) is 6.14. The summed E-state index contributed by atoms with van der Waals surface area (Å²) in [6, 6.07) is 2.34. The van der Waals surface area contributed by atoms with E-state index in [4.69, 9.17) is 24.2 Å². The summed E-state index contributed by atoms with van der Waals surface area (Å²) in [6.45, 7) is 2.62. The van der Waals surface area contributed by atoms with Gasteiger partial charge in [0.15, 0.2) is 5.79 Å². The van der Waals surface area contributed by atoms with Crippen LogP contribution in [0, 0.1) is 17.2 Å². The molecular weight excluding hydrogens is 445 g/mol. The molecule has 3 saturated heterocycles. The van der Waals surface area contributed by atoms with Gasteiger partial charge in [-0.1, -0.05) is 29.0 Å². The molecule has 1 spiro atoms. The Balaban J connectivity index is 1.40. The van der Waals surface area contributed by atoms with Crippen molar-refractivity contribution >= 4 is 22.6 Å². The summed E-state index contributed by atoms with van der Waals surface area (Å²) < 4.78 is 26.5. The highest BCUT2D eigenvalue weighted by Gasteiger charge is 2.56. The molecular formula is C20H30INO4. The van der Waals surface area contributed by atoms with Crippen LogP contribution in [0.15, 0.2) is 0 Å². The Morgan fingerprint density at radius 3 is 2.69 bits per heavy atom. The third-order valence-electron chi connectivity index (χ3n) is 6.59. The second-order valence-corrected chi connectivity index (χ2v) is 9.35. The van der Waals surface area contributed by atoms with Crippen LogP contribution in [0.25, 0.3) is 0 Å². The van der Waals surface area contributed by atoms with Crippen molar-refractivity contribution < 1.29 is 18.9 Å². The number of rotatable bonds is 4. The van der Waals surface area contributed by atoms with Gasteiger partial charge in [0.2, 0.25) is 0 Å².